The molecule has 0 saturated carbocycles. The Bertz CT molecular complexity index is 605. The van der Waals surface area contributed by atoms with Crippen LogP contribution in [0.25, 0.3) is 0 Å². The fourth-order valence-electron chi connectivity index (χ4n) is 1.58. The SMILES string of the molecule is CCCCCNC(=O)c1cc(Br)cc(S(=O)(=O)Cl)c1Cl. The molecule has 0 atom stereocenters. The summed E-state index contributed by atoms with van der Waals surface area (Å²) in [4.78, 5) is 11.7. The van der Waals surface area contributed by atoms with Gasteiger partial charge in [-0.25, -0.2) is 8.42 Å². The van der Waals surface area contributed by atoms with Crippen molar-refractivity contribution in [3.63, 3.8) is 0 Å². The molecule has 0 unspecified atom stereocenters. The average Bonchev–Trinajstić information content (AvgIpc) is 2.35. The van der Waals surface area contributed by atoms with E-state index in [9.17, 15) is 13.2 Å². The number of carbonyl (C=O) groups excluding carboxylic acids is 1. The number of halogens is 3. The van der Waals surface area contributed by atoms with Crippen LogP contribution >= 0.6 is 38.2 Å². The summed E-state index contributed by atoms with van der Waals surface area (Å²) in [6.45, 7) is 2.57. The first-order valence-corrected chi connectivity index (χ1v) is 9.47. The third-order valence-electron chi connectivity index (χ3n) is 2.58. The van der Waals surface area contributed by atoms with Crippen LogP contribution in [0.4, 0.5) is 0 Å². The van der Waals surface area contributed by atoms with Crippen LogP contribution < -0.4 is 5.32 Å². The van der Waals surface area contributed by atoms with E-state index in [1.54, 1.807) is 0 Å². The molecule has 1 rings (SSSR count). The first-order chi connectivity index (χ1) is 9.27. The number of nitrogens with one attached hydrogen (secondary N) is 1. The standard InChI is InChI=1S/C12H14BrCl2NO3S/c1-2-3-4-5-16-12(17)9-6-8(13)7-10(11(9)14)20(15,18)19/h6-7H,2-5H2,1H3,(H,16,17). The zero-order valence-corrected chi connectivity index (χ0v) is 14.7. The van der Waals surface area contributed by atoms with E-state index in [0.29, 0.717) is 11.0 Å². The van der Waals surface area contributed by atoms with Gasteiger partial charge >= 0.3 is 0 Å². The van der Waals surface area contributed by atoms with E-state index in [-0.39, 0.29) is 15.5 Å². The van der Waals surface area contributed by atoms with Crippen LogP contribution in [0.3, 0.4) is 0 Å². The lowest BCUT2D eigenvalue weighted by Gasteiger charge is -2.09. The van der Waals surface area contributed by atoms with Crippen molar-refractivity contribution >= 4 is 53.2 Å². The largest absolute Gasteiger partial charge is 0.352 e. The molecule has 1 amide bonds. The predicted molar refractivity (Wildman–Crippen MR) is 84.0 cm³/mol. The molecule has 4 nitrogen and oxygen atoms in total. The summed E-state index contributed by atoms with van der Waals surface area (Å²) < 4.78 is 23.2. The molecule has 1 aromatic rings. The fraction of sp³-hybridized carbons (Fsp3) is 0.417. The maximum Gasteiger partial charge on any atom is 0.262 e. The van der Waals surface area contributed by atoms with E-state index in [2.05, 4.69) is 28.2 Å². The number of hydrogen-bond acceptors (Lipinski definition) is 3. The summed E-state index contributed by atoms with van der Waals surface area (Å²) >= 11 is 9.09. The molecule has 0 saturated heterocycles. The summed E-state index contributed by atoms with van der Waals surface area (Å²) in [5, 5.41) is 2.53. The van der Waals surface area contributed by atoms with Gasteiger partial charge in [-0.05, 0) is 18.6 Å². The van der Waals surface area contributed by atoms with Gasteiger partial charge in [0.15, 0.2) is 0 Å². The van der Waals surface area contributed by atoms with Gasteiger partial charge in [0.2, 0.25) is 0 Å². The maximum atomic E-state index is 12.0. The van der Waals surface area contributed by atoms with E-state index in [1.165, 1.54) is 12.1 Å². The number of hydrogen-bond donors (Lipinski definition) is 1. The van der Waals surface area contributed by atoms with E-state index in [4.69, 9.17) is 22.3 Å². The third kappa shape index (κ3) is 4.91. The molecule has 8 heteroatoms. The molecule has 0 aliphatic heterocycles. The molecule has 0 heterocycles. The monoisotopic (exact) mass is 401 g/mol. The van der Waals surface area contributed by atoms with Gasteiger partial charge in [0.05, 0.1) is 10.6 Å². The fourth-order valence-corrected chi connectivity index (χ4v) is 3.76. The van der Waals surface area contributed by atoms with Gasteiger partial charge in [0.1, 0.15) is 4.90 Å². The Kier molecular flexibility index (Phi) is 6.78. The minimum atomic E-state index is -4.01. The molecular formula is C12H14BrCl2NO3S. The minimum Gasteiger partial charge on any atom is -0.352 e. The van der Waals surface area contributed by atoms with Crippen molar-refractivity contribution < 1.29 is 13.2 Å². The van der Waals surface area contributed by atoms with E-state index >= 15 is 0 Å². The normalized spacial score (nSPS) is 11.4. The van der Waals surface area contributed by atoms with Gasteiger partial charge in [-0.3, -0.25) is 4.79 Å². The third-order valence-corrected chi connectivity index (χ3v) is 4.90. The first kappa shape index (κ1) is 17.8. The van der Waals surface area contributed by atoms with Crippen molar-refractivity contribution in [2.75, 3.05) is 6.54 Å². The van der Waals surface area contributed by atoms with Crippen molar-refractivity contribution in [2.24, 2.45) is 0 Å². The second-order valence-corrected chi connectivity index (χ2v) is 7.99. The smallest absolute Gasteiger partial charge is 0.262 e. The van der Waals surface area contributed by atoms with Gasteiger partial charge in [0, 0.05) is 21.7 Å². The molecule has 0 bridgehead atoms. The van der Waals surface area contributed by atoms with E-state index < -0.39 is 15.0 Å². The lowest BCUT2D eigenvalue weighted by Crippen LogP contribution is -2.25. The second-order valence-electron chi connectivity index (χ2n) is 4.17. The van der Waals surface area contributed by atoms with E-state index in [1.807, 2.05) is 0 Å². The predicted octanol–water partition coefficient (Wildman–Crippen LogP) is 3.95. The number of rotatable bonds is 6. The highest BCUT2D eigenvalue weighted by atomic mass is 79.9. The van der Waals surface area contributed by atoms with Crippen molar-refractivity contribution in [2.45, 2.75) is 31.1 Å². The molecule has 0 spiro atoms. The molecular weight excluding hydrogens is 389 g/mol. The van der Waals surface area contributed by atoms with Crippen molar-refractivity contribution in [3.8, 4) is 0 Å². The van der Waals surface area contributed by atoms with Crippen LogP contribution in [0.15, 0.2) is 21.5 Å². The summed E-state index contributed by atoms with van der Waals surface area (Å²) in [7, 11) is 1.28. The van der Waals surface area contributed by atoms with Crippen LogP contribution in [0.2, 0.25) is 5.02 Å². The molecule has 0 aromatic heterocycles. The number of carbonyl (C=O) groups is 1. The van der Waals surface area contributed by atoms with Crippen LogP contribution in [-0.2, 0) is 9.05 Å². The van der Waals surface area contributed by atoms with Crippen molar-refractivity contribution in [1.29, 1.82) is 0 Å². The summed E-state index contributed by atoms with van der Waals surface area (Å²) in [5.74, 6) is -0.422. The molecule has 1 aromatic carbocycles. The Morgan fingerprint density at radius 3 is 2.55 bits per heavy atom. The summed E-state index contributed by atoms with van der Waals surface area (Å²) in [6.07, 6.45) is 2.91. The minimum absolute atomic E-state index is 0.0803. The number of unbranched alkanes of at least 4 members (excludes halogenated alkanes) is 2. The topological polar surface area (TPSA) is 63.2 Å². The highest BCUT2D eigenvalue weighted by Gasteiger charge is 2.21. The Balaban J connectivity index is 3.01. The van der Waals surface area contributed by atoms with Crippen molar-refractivity contribution in [1.82, 2.24) is 5.32 Å². The Morgan fingerprint density at radius 1 is 1.35 bits per heavy atom. The molecule has 0 aliphatic rings. The Labute approximate surface area is 136 Å². The summed E-state index contributed by atoms with van der Waals surface area (Å²) in [5.41, 5.74) is 0.0803. The van der Waals surface area contributed by atoms with Gasteiger partial charge < -0.3 is 5.32 Å². The van der Waals surface area contributed by atoms with Crippen LogP contribution in [0.5, 0.6) is 0 Å². The molecule has 0 radical (unpaired) electrons. The van der Waals surface area contributed by atoms with Gasteiger partial charge in [-0.2, -0.15) is 0 Å². The molecule has 0 fully saturated rings. The van der Waals surface area contributed by atoms with Crippen LogP contribution in [0.1, 0.15) is 36.5 Å². The quantitative estimate of drug-likeness (QED) is 0.578. The second kappa shape index (κ2) is 7.64. The molecule has 20 heavy (non-hydrogen) atoms. The zero-order valence-electron chi connectivity index (χ0n) is 10.8. The summed E-state index contributed by atoms with van der Waals surface area (Å²) in [6, 6.07) is 2.72. The number of benzene rings is 1. The lowest BCUT2D eigenvalue weighted by molar-refractivity contribution is 0.0953. The Morgan fingerprint density at radius 2 is 2.00 bits per heavy atom. The van der Waals surface area contributed by atoms with Gasteiger partial charge in [0.25, 0.3) is 15.0 Å². The Hall–Kier alpha value is -0.300. The van der Waals surface area contributed by atoms with E-state index in [0.717, 1.165) is 19.3 Å². The first-order valence-electron chi connectivity index (χ1n) is 5.99. The highest BCUT2D eigenvalue weighted by Crippen LogP contribution is 2.31. The molecule has 0 aliphatic carbocycles. The maximum absolute atomic E-state index is 12.0. The van der Waals surface area contributed by atoms with Crippen LogP contribution in [0, 0.1) is 0 Å². The van der Waals surface area contributed by atoms with Gasteiger partial charge in [-0.1, -0.05) is 47.3 Å². The average molecular weight is 403 g/mol. The highest BCUT2D eigenvalue weighted by molar-refractivity contribution is 9.10. The zero-order chi connectivity index (χ0) is 15.3. The van der Waals surface area contributed by atoms with Crippen molar-refractivity contribution in [3.05, 3.63) is 27.2 Å². The lowest BCUT2D eigenvalue weighted by atomic mass is 10.2. The molecule has 1 N–H and O–H groups in total. The molecule has 112 valence electrons. The number of amides is 1. The van der Waals surface area contributed by atoms with Gasteiger partial charge in [-0.15, -0.1) is 0 Å². The van der Waals surface area contributed by atoms with Crippen LogP contribution in [-0.4, -0.2) is 20.9 Å².